The fraction of sp³-hybridized carbons (Fsp3) is 0.0556. The summed E-state index contributed by atoms with van der Waals surface area (Å²) in [7, 11) is 1.62. The molecule has 1 heterocycles. The molecule has 2 aromatic carbocycles. The van der Waals surface area contributed by atoms with Gasteiger partial charge in [-0.05, 0) is 36.4 Å². The Balaban J connectivity index is 1.61. The van der Waals surface area contributed by atoms with Crippen LogP contribution in [0.25, 0.3) is 17.1 Å². The van der Waals surface area contributed by atoms with E-state index in [-0.39, 0.29) is 5.91 Å². The van der Waals surface area contributed by atoms with Gasteiger partial charge in [0.1, 0.15) is 5.75 Å². The van der Waals surface area contributed by atoms with Gasteiger partial charge in [0.15, 0.2) is 0 Å². The molecule has 1 amide bonds. The largest absolute Gasteiger partial charge is 0.496 e. The van der Waals surface area contributed by atoms with Crippen molar-refractivity contribution in [2.45, 2.75) is 0 Å². The van der Waals surface area contributed by atoms with Crippen molar-refractivity contribution < 1.29 is 9.53 Å². The first-order chi connectivity index (χ1) is 11.8. The lowest BCUT2D eigenvalue weighted by atomic mass is 10.2. The summed E-state index contributed by atoms with van der Waals surface area (Å²) in [5.41, 5.74) is 5.55. The number of allylic oxidation sites excluding steroid dienone is 1. The maximum atomic E-state index is 12.0. The Labute approximate surface area is 138 Å². The van der Waals surface area contributed by atoms with Crippen LogP contribution in [0.2, 0.25) is 0 Å². The number of hydrazone groups is 1. The predicted molar refractivity (Wildman–Crippen MR) is 94.1 cm³/mol. The van der Waals surface area contributed by atoms with Gasteiger partial charge < -0.3 is 9.72 Å². The summed E-state index contributed by atoms with van der Waals surface area (Å²) < 4.78 is 5.25. The van der Waals surface area contributed by atoms with E-state index in [1.54, 1.807) is 37.7 Å². The number of rotatable bonds is 5. The minimum Gasteiger partial charge on any atom is -0.496 e. The minimum atomic E-state index is -0.284. The van der Waals surface area contributed by atoms with Gasteiger partial charge in [0, 0.05) is 17.3 Å². The second kappa shape index (κ2) is 7.23. The van der Waals surface area contributed by atoms with E-state index in [9.17, 15) is 4.79 Å². The molecule has 1 aromatic heterocycles. The molecular weight excluding hydrogens is 304 g/mol. The van der Waals surface area contributed by atoms with Crippen molar-refractivity contribution in [3.63, 3.8) is 0 Å². The number of carbonyl (C=O) groups excluding carboxylic acids is 1. The number of carbonyl (C=O) groups is 1. The van der Waals surface area contributed by atoms with Crippen LogP contribution in [0.5, 0.6) is 5.75 Å². The molecular formula is C18H16N4O2. The van der Waals surface area contributed by atoms with E-state index >= 15 is 0 Å². The monoisotopic (exact) mass is 320 g/mol. The number of nitrogens with zero attached hydrogens (tertiary/aromatic N) is 2. The van der Waals surface area contributed by atoms with Crippen molar-refractivity contribution in [1.82, 2.24) is 15.4 Å². The molecule has 3 rings (SSSR count). The number of aromatic amines is 1. The zero-order chi connectivity index (χ0) is 16.8. The number of hydrogen-bond acceptors (Lipinski definition) is 4. The zero-order valence-corrected chi connectivity index (χ0v) is 13.1. The summed E-state index contributed by atoms with van der Waals surface area (Å²) >= 11 is 0. The van der Waals surface area contributed by atoms with Crippen molar-refractivity contribution >= 4 is 29.2 Å². The number of hydrogen-bond donors (Lipinski definition) is 2. The Morgan fingerprint density at radius 1 is 1.29 bits per heavy atom. The molecule has 0 saturated heterocycles. The van der Waals surface area contributed by atoms with Gasteiger partial charge in [0.25, 0.3) is 5.91 Å². The van der Waals surface area contributed by atoms with Crippen LogP contribution in [-0.2, 0) is 0 Å². The molecule has 0 radical (unpaired) electrons. The molecule has 0 bridgehead atoms. The van der Waals surface area contributed by atoms with E-state index < -0.39 is 0 Å². The Hall–Kier alpha value is -3.41. The van der Waals surface area contributed by atoms with E-state index in [0.717, 1.165) is 22.3 Å². The molecule has 0 atom stereocenters. The molecule has 6 nitrogen and oxygen atoms in total. The number of aromatic nitrogens is 2. The van der Waals surface area contributed by atoms with Gasteiger partial charge in [-0.1, -0.05) is 18.2 Å². The molecule has 0 unspecified atom stereocenters. The number of ether oxygens (including phenoxy) is 1. The highest BCUT2D eigenvalue weighted by Gasteiger charge is 2.05. The van der Waals surface area contributed by atoms with Crippen LogP contribution in [-0.4, -0.2) is 29.2 Å². The maximum Gasteiger partial charge on any atom is 0.271 e. The second-order valence-corrected chi connectivity index (χ2v) is 4.95. The van der Waals surface area contributed by atoms with E-state index in [0.29, 0.717) is 5.56 Å². The third-order valence-electron chi connectivity index (χ3n) is 3.42. The fourth-order valence-corrected chi connectivity index (χ4v) is 2.23. The van der Waals surface area contributed by atoms with Gasteiger partial charge in [0.05, 0.1) is 24.5 Å². The normalized spacial score (nSPS) is 11.4. The lowest BCUT2D eigenvalue weighted by molar-refractivity contribution is 0.0955. The number of imidazole rings is 1. The molecule has 0 aliphatic carbocycles. The van der Waals surface area contributed by atoms with Crippen molar-refractivity contribution in [3.8, 4) is 5.75 Å². The van der Waals surface area contributed by atoms with E-state index in [1.165, 1.54) is 6.21 Å². The van der Waals surface area contributed by atoms with Crippen molar-refractivity contribution in [2.24, 2.45) is 5.10 Å². The molecule has 2 N–H and O–H groups in total. The molecule has 6 heteroatoms. The molecule has 0 fully saturated rings. The highest BCUT2D eigenvalue weighted by atomic mass is 16.5. The Morgan fingerprint density at radius 3 is 3.04 bits per heavy atom. The average molecular weight is 320 g/mol. The van der Waals surface area contributed by atoms with Gasteiger partial charge in [-0.3, -0.25) is 4.79 Å². The number of H-pyrrole nitrogens is 1. The van der Waals surface area contributed by atoms with Crippen LogP contribution < -0.4 is 10.2 Å². The topological polar surface area (TPSA) is 79.4 Å². The highest BCUT2D eigenvalue weighted by Crippen LogP contribution is 2.18. The molecule has 24 heavy (non-hydrogen) atoms. The summed E-state index contributed by atoms with van der Waals surface area (Å²) in [5, 5.41) is 3.91. The highest BCUT2D eigenvalue weighted by molar-refractivity contribution is 5.97. The van der Waals surface area contributed by atoms with Crippen LogP contribution in [0.15, 0.2) is 60.0 Å². The first kappa shape index (κ1) is 15.5. The zero-order valence-electron chi connectivity index (χ0n) is 13.1. The van der Waals surface area contributed by atoms with Crippen molar-refractivity contribution in [2.75, 3.05) is 7.11 Å². The van der Waals surface area contributed by atoms with Crippen LogP contribution in [0.3, 0.4) is 0 Å². The van der Waals surface area contributed by atoms with Gasteiger partial charge >= 0.3 is 0 Å². The molecule has 3 aromatic rings. The summed E-state index contributed by atoms with van der Waals surface area (Å²) in [6.07, 6.45) is 6.69. The lowest BCUT2D eigenvalue weighted by Crippen LogP contribution is -2.17. The molecule has 0 saturated carbocycles. The third-order valence-corrected chi connectivity index (χ3v) is 3.42. The molecule has 0 aliphatic rings. The Morgan fingerprint density at radius 2 is 2.17 bits per heavy atom. The number of amides is 1. The molecule has 0 spiro atoms. The van der Waals surface area contributed by atoms with Crippen molar-refractivity contribution in [3.05, 3.63) is 66.0 Å². The summed E-state index contributed by atoms with van der Waals surface area (Å²) in [4.78, 5) is 19.1. The molecule has 0 aliphatic heterocycles. The maximum absolute atomic E-state index is 12.0. The number of benzene rings is 2. The van der Waals surface area contributed by atoms with Gasteiger partial charge in [-0.2, -0.15) is 5.10 Å². The third kappa shape index (κ3) is 3.49. The quantitative estimate of drug-likeness (QED) is 0.560. The summed E-state index contributed by atoms with van der Waals surface area (Å²) in [6.45, 7) is 0. The van der Waals surface area contributed by atoms with Crippen molar-refractivity contribution in [1.29, 1.82) is 0 Å². The fourth-order valence-electron chi connectivity index (χ4n) is 2.23. The number of nitrogens with one attached hydrogen (secondary N) is 2. The number of para-hydroxylation sites is 1. The van der Waals surface area contributed by atoms with E-state index in [2.05, 4.69) is 20.5 Å². The first-order valence-corrected chi connectivity index (χ1v) is 7.34. The number of fused-ring (bicyclic) bond motifs is 1. The standard InChI is InChI=1S/C18H16N4O2/c1-24-17-7-3-2-5-13(17)6-4-10-21-22-18(23)14-8-9-15-16(11-14)20-12-19-15/h2-12H,1H3,(H,19,20)(H,22,23)/b6-4+,21-10+. The summed E-state index contributed by atoms with van der Waals surface area (Å²) in [5.74, 6) is 0.493. The van der Waals surface area contributed by atoms with Gasteiger partial charge in [-0.25, -0.2) is 10.4 Å². The van der Waals surface area contributed by atoms with Crippen LogP contribution in [0.1, 0.15) is 15.9 Å². The average Bonchev–Trinajstić information content (AvgIpc) is 3.09. The van der Waals surface area contributed by atoms with Gasteiger partial charge in [-0.15, -0.1) is 0 Å². The number of methoxy groups -OCH3 is 1. The van der Waals surface area contributed by atoms with Crippen LogP contribution >= 0.6 is 0 Å². The molecule has 120 valence electrons. The van der Waals surface area contributed by atoms with E-state index in [4.69, 9.17) is 4.74 Å². The van der Waals surface area contributed by atoms with Crippen LogP contribution in [0, 0.1) is 0 Å². The predicted octanol–water partition coefficient (Wildman–Crippen LogP) is 3.00. The van der Waals surface area contributed by atoms with E-state index in [1.807, 2.05) is 30.3 Å². The van der Waals surface area contributed by atoms with Crippen LogP contribution in [0.4, 0.5) is 0 Å². The first-order valence-electron chi connectivity index (χ1n) is 7.34. The Kier molecular flexibility index (Phi) is 4.67. The second-order valence-electron chi connectivity index (χ2n) is 4.95. The lowest BCUT2D eigenvalue weighted by Gasteiger charge is -2.02. The SMILES string of the molecule is COc1ccccc1/C=C/C=N/NC(=O)c1ccc2nc[nH]c2c1. The minimum absolute atomic E-state index is 0.284. The smallest absolute Gasteiger partial charge is 0.271 e. The van der Waals surface area contributed by atoms with Gasteiger partial charge in [0.2, 0.25) is 0 Å². The Bertz CT molecular complexity index is 912. The summed E-state index contributed by atoms with van der Waals surface area (Å²) in [6, 6.07) is 12.9.